The summed E-state index contributed by atoms with van der Waals surface area (Å²) >= 11 is 0. The van der Waals surface area contributed by atoms with E-state index in [0.717, 1.165) is 0 Å². The van der Waals surface area contributed by atoms with Crippen molar-refractivity contribution >= 4 is 11.9 Å². The first kappa shape index (κ1) is 21.2. The Balaban J connectivity index is 1.74. The number of amides is 1. The predicted octanol–water partition coefficient (Wildman–Crippen LogP) is -1.59. The Kier molecular flexibility index (Phi) is 5.65. The van der Waals surface area contributed by atoms with E-state index in [1.54, 1.807) is 6.92 Å². The predicted molar refractivity (Wildman–Crippen MR) is 100 cm³/mol. The lowest BCUT2D eigenvalue weighted by Gasteiger charge is -2.51. The fourth-order valence-corrected chi connectivity index (χ4v) is 4.09. The Morgan fingerprint density at radius 1 is 1.38 bits per heavy atom. The minimum atomic E-state index is -1.32. The second-order valence-electron chi connectivity index (χ2n) is 8.10. The van der Waals surface area contributed by atoms with Gasteiger partial charge in [-0.2, -0.15) is 0 Å². The van der Waals surface area contributed by atoms with Gasteiger partial charge in [-0.25, -0.2) is 4.79 Å². The summed E-state index contributed by atoms with van der Waals surface area (Å²) in [6.45, 7) is 2.24. The first-order chi connectivity index (χ1) is 13.5. The molecule has 2 aliphatic heterocycles. The van der Waals surface area contributed by atoms with E-state index in [0.29, 0.717) is 32.4 Å². The summed E-state index contributed by atoms with van der Waals surface area (Å²) in [7, 11) is 0. The molecule has 2 saturated heterocycles. The molecule has 29 heavy (non-hydrogen) atoms. The lowest BCUT2D eigenvalue weighted by Crippen LogP contribution is -2.59. The van der Waals surface area contributed by atoms with Gasteiger partial charge in [-0.1, -0.05) is 0 Å². The van der Waals surface area contributed by atoms with Gasteiger partial charge in [0.05, 0.1) is 30.7 Å². The van der Waals surface area contributed by atoms with Crippen LogP contribution in [-0.2, 0) is 14.3 Å². The SMILES string of the molecule is C[C@]1(O)COC2(CCN(C(=O)[C@@H](N)CC(=O)O)CC2)C[C@@H]1n1ccc(=O)[nH]c1=O. The quantitative estimate of drug-likeness (QED) is 0.461. The molecule has 1 spiro atoms. The topological polar surface area (TPSA) is 168 Å². The molecule has 0 unspecified atom stereocenters. The van der Waals surface area contributed by atoms with Crippen LogP contribution in [-0.4, -0.2) is 73.5 Å². The van der Waals surface area contributed by atoms with E-state index in [1.807, 2.05) is 0 Å². The van der Waals surface area contributed by atoms with Crippen molar-refractivity contribution in [3.8, 4) is 0 Å². The van der Waals surface area contributed by atoms with Gasteiger partial charge in [0.25, 0.3) is 5.56 Å². The molecule has 11 heteroatoms. The zero-order valence-corrected chi connectivity index (χ0v) is 16.2. The number of aliphatic carboxylic acids is 1. The summed E-state index contributed by atoms with van der Waals surface area (Å²) in [5.41, 5.74) is 2.60. The normalized spacial score (nSPS) is 27.6. The second kappa shape index (κ2) is 7.73. The number of carboxylic acid groups (broad SMARTS) is 1. The average molecular weight is 410 g/mol. The van der Waals surface area contributed by atoms with E-state index in [4.69, 9.17) is 15.6 Å². The first-order valence-electron chi connectivity index (χ1n) is 9.47. The zero-order valence-electron chi connectivity index (χ0n) is 16.2. The number of hydrogen-bond acceptors (Lipinski definition) is 7. The highest BCUT2D eigenvalue weighted by molar-refractivity contribution is 5.86. The van der Waals surface area contributed by atoms with Crippen molar-refractivity contribution in [2.75, 3.05) is 19.7 Å². The molecule has 2 fully saturated rings. The van der Waals surface area contributed by atoms with Crippen LogP contribution in [0.1, 0.15) is 38.6 Å². The lowest BCUT2D eigenvalue weighted by atomic mass is 9.77. The van der Waals surface area contributed by atoms with Gasteiger partial charge in [0.15, 0.2) is 0 Å². The third kappa shape index (κ3) is 4.41. The van der Waals surface area contributed by atoms with Crippen LogP contribution >= 0.6 is 0 Å². The third-order valence-electron chi connectivity index (χ3n) is 5.84. The summed E-state index contributed by atoms with van der Waals surface area (Å²) in [5.74, 6) is -1.55. The number of H-pyrrole nitrogens is 1. The van der Waals surface area contributed by atoms with Crippen molar-refractivity contribution in [2.24, 2.45) is 5.73 Å². The lowest BCUT2D eigenvalue weighted by molar-refractivity contribution is -0.202. The Labute approximate surface area is 166 Å². The number of carbonyl (C=O) groups is 2. The molecule has 1 amide bonds. The van der Waals surface area contributed by atoms with Crippen LogP contribution in [0.25, 0.3) is 0 Å². The molecule has 3 heterocycles. The standard InChI is InChI=1S/C18H26N4O7/c1-17(28)10-29-18(9-12(17)22-5-2-13(23)20-16(22)27)3-6-21(7-4-18)15(26)11(19)8-14(24)25/h2,5,11-12,28H,3-4,6-10,19H2,1H3,(H,24,25)(H,20,23,27)/t11-,12-,17-/m0/s1. The van der Waals surface area contributed by atoms with E-state index in [-0.39, 0.29) is 6.61 Å². The molecule has 0 aliphatic carbocycles. The summed E-state index contributed by atoms with van der Waals surface area (Å²) in [5, 5.41) is 19.6. The number of aromatic nitrogens is 2. The molecule has 0 bridgehead atoms. The number of hydrogen-bond donors (Lipinski definition) is 4. The molecular weight excluding hydrogens is 384 g/mol. The molecule has 2 aliphatic rings. The molecule has 1 aromatic rings. The van der Waals surface area contributed by atoms with Crippen LogP contribution in [0.15, 0.2) is 21.9 Å². The maximum Gasteiger partial charge on any atom is 0.328 e. The van der Waals surface area contributed by atoms with Crippen molar-refractivity contribution in [3.63, 3.8) is 0 Å². The molecule has 3 rings (SSSR count). The fourth-order valence-electron chi connectivity index (χ4n) is 4.09. The van der Waals surface area contributed by atoms with E-state index < -0.39 is 52.8 Å². The Morgan fingerprint density at radius 3 is 2.62 bits per heavy atom. The number of rotatable bonds is 4. The minimum absolute atomic E-state index is 0.00426. The van der Waals surface area contributed by atoms with Crippen LogP contribution in [0.4, 0.5) is 0 Å². The number of carboxylic acids is 1. The summed E-state index contributed by atoms with van der Waals surface area (Å²) in [6.07, 6.45) is 2.18. The highest BCUT2D eigenvalue weighted by Gasteiger charge is 2.49. The molecule has 0 radical (unpaired) electrons. The maximum absolute atomic E-state index is 12.3. The van der Waals surface area contributed by atoms with Gasteiger partial charge in [0, 0.05) is 31.8 Å². The number of ether oxygens (including phenoxy) is 1. The molecule has 11 nitrogen and oxygen atoms in total. The van der Waals surface area contributed by atoms with Crippen LogP contribution in [0, 0.1) is 0 Å². The first-order valence-corrected chi connectivity index (χ1v) is 9.47. The van der Waals surface area contributed by atoms with Crippen molar-refractivity contribution in [1.82, 2.24) is 14.5 Å². The van der Waals surface area contributed by atoms with Crippen molar-refractivity contribution in [3.05, 3.63) is 33.1 Å². The largest absolute Gasteiger partial charge is 0.481 e. The summed E-state index contributed by atoms with van der Waals surface area (Å²) < 4.78 is 7.30. The second-order valence-corrected chi connectivity index (χ2v) is 8.10. The number of nitrogens with two attached hydrogens (primary N) is 1. The molecule has 0 saturated carbocycles. The average Bonchev–Trinajstić information content (AvgIpc) is 2.64. The Hall–Kier alpha value is -2.50. The number of aromatic amines is 1. The van der Waals surface area contributed by atoms with Gasteiger partial charge >= 0.3 is 11.7 Å². The van der Waals surface area contributed by atoms with Gasteiger partial charge in [0.2, 0.25) is 5.91 Å². The summed E-state index contributed by atoms with van der Waals surface area (Å²) in [4.78, 5) is 50.5. The number of nitrogens with zero attached hydrogens (tertiary/aromatic N) is 2. The molecule has 3 atom stereocenters. The molecule has 0 aromatic carbocycles. The van der Waals surface area contributed by atoms with E-state index in [2.05, 4.69) is 4.98 Å². The zero-order chi connectivity index (χ0) is 21.4. The molecular formula is C18H26N4O7. The van der Waals surface area contributed by atoms with Crippen LogP contribution in [0.2, 0.25) is 0 Å². The fraction of sp³-hybridized carbons (Fsp3) is 0.667. The van der Waals surface area contributed by atoms with Crippen LogP contribution in [0.3, 0.4) is 0 Å². The molecule has 5 N–H and O–H groups in total. The van der Waals surface area contributed by atoms with Crippen LogP contribution < -0.4 is 17.0 Å². The van der Waals surface area contributed by atoms with Crippen molar-refractivity contribution in [1.29, 1.82) is 0 Å². The van der Waals surface area contributed by atoms with Crippen molar-refractivity contribution < 1.29 is 24.5 Å². The monoisotopic (exact) mass is 410 g/mol. The molecule has 160 valence electrons. The van der Waals surface area contributed by atoms with E-state index in [1.165, 1.54) is 21.7 Å². The van der Waals surface area contributed by atoms with Gasteiger partial charge < -0.3 is 25.6 Å². The van der Waals surface area contributed by atoms with Gasteiger partial charge in [0.1, 0.15) is 5.60 Å². The Morgan fingerprint density at radius 2 is 2.03 bits per heavy atom. The number of aliphatic hydroxyl groups is 1. The van der Waals surface area contributed by atoms with Gasteiger partial charge in [-0.3, -0.25) is 23.9 Å². The number of likely N-dealkylation sites (tertiary alicyclic amines) is 1. The van der Waals surface area contributed by atoms with Gasteiger partial charge in [-0.15, -0.1) is 0 Å². The molecule has 1 aromatic heterocycles. The number of piperidine rings is 1. The smallest absolute Gasteiger partial charge is 0.328 e. The third-order valence-corrected chi connectivity index (χ3v) is 5.84. The van der Waals surface area contributed by atoms with E-state index >= 15 is 0 Å². The van der Waals surface area contributed by atoms with Crippen LogP contribution in [0.5, 0.6) is 0 Å². The maximum atomic E-state index is 12.3. The summed E-state index contributed by atoms with van der Waals surface area (Å²) in [6, 6.07) is -0.482. The highest BCUT2D eigenvalue weighted by Crippen LogP contribution is 2.43. The minimum Gasteiger partial charge on any atom is -0.481 e. The van der Waals surface area contributed by atoms with Gasteiger partial charge in [-0.05, 0) is 19.8 Å². The highest BCUT2D eigenvalue weighted by atomic mass is 16.5. The number of carbonyl (C=O) groups excluding carboxylic acids is 1. The number of nitrogens with one attached hydrogen (secondary N) is 1. The van der Waals surface area contributed by atoms with Crippen molar-refractivity contribution in [2.45, 2.75) is 55.9 Å². The van der Waals surface area contributed by atoms with E-state index in [9.17, 15) is 24.3 Å². The Bertz CT molecular complexity index is 898.